The van der Waals surface area contributed by atoms with Gasteiger partial charge in [0.2, 0.25) is 5.91 Å². The maximum absolute atomic E-state index is 11.7. The summed E-state index contributed by atoms with van der Waals surface area (Å²) in [4.78, 5) is 11.7. The Morgan fingerprint density at radius 3 is 2.92 bits per heavy atom. The van der Waals surface area contributed by atoms with E-state index in [0.717, 1.165) is 15.8 Å². The van der Waals surface area contributed by atoms with Crippen LogP contribution in [0.3, 0.4) is 0 Å². The zero-order valence-electron chi connectivity index (χ0n) is 13.6. The van der Waals surface area contributed by atoms with Crippen LogP contribution in [0.15, 0.2) is 46.0 Å². The smallest absolute Gasteiger partial charge is 0.240 e. The molecule has 0 saturated heterocycles. The van der Waals surface area contributed by atoms with Crippen molar-refractivity contribution in [2.75, 3.05) is 6.61 Å². The van der Waals surface area contributed by atoms with Gasteiger partial charge in [-0.1, -0.05) is 27.5 Å². The van der Waals surface area contributed by atoms with Gasteiger partial charge in [-0.05, 0) is 55.3 Å². The molecule has 0 saturated carbocycles. The van der Waals surface area contributed by atoms with E-state index in [1.165, 1.54) is 6.21 Å². The minimum Gasteiger partial charge on any atom is -0.507 e. The van der Waals surface area contributed by atoms with Crippen LogP contribution in [0.1, 0.15) is 24.0 Å². The quantitative estimate of drug-likeness (QED) is 0.392. The molecule has 0 aliphatic rings. The number of carbonyl (C=O) groups excluding carboxylic acids is 1. The molecule has 132 valence electrons. The molecule has 0 aromatic heterocycles. The summed E-state index contributed by atoms with van der Waals surface area (Å²) >= 11 is 9.20. The Morgan fingerprint density at radius 2 is 2.16 bits per heavy atom. The molecule has 0 aliphatic carbocycles. The Hall–Kier alpha value is -2.05. The minimum absolute atomic E-state index is 0.0907. The van der Waals surface area contributed by atoms with Crippen molar-refractivity contribution >= 4 is 39.7 Å². The lowest BCUT2D eigenvalue weighted by molar-refractivity contribution is -0.121. The fourth-order valence-corrected chi connectivity index (χ4v) is 2.65. The molecule has 2 aromatic rings. The number of amides is 1. The number of phenols is 1. The Morgan fingerprint density at radius 1 is 1.36 bits per heavy atom. The second-order valence-corrected chi connectivity index (χ2v) is 6.71. The number of nitrogens with zero attached hydrogens (tertiary/aromatic N) is 1. The van der Waals surface area contributed by atoms with Crippen molar-refractivity contribution < 1.29 is 14.6 Å². The highest BCUT2D eigenvalue weighted by Crippen LogP contribution is 2.22. The van der Waals surface area contributed by atoms with Crippen molar-refractivity contribution in [2.24, 2.45) is 5.10 Å². The summed E-state index contributed by atoms with van der Waals surface area (Å²) < 4.78 is 6.44. The molecule has 0 radical (unpaired) electrons. The predicted octanol–water partition coefficient (Wildman–Crippen LogP) is 4.43. The molecule has 25 heavy (non-hydrogen) atoms. The number of hydrogen-bond acceptors (Lipinski definition) is 4. The number of rotatable bonds is 7. The maximum Gasteiger partial charge on any atom is 0.240 e. The first-order valence-corrected chi connectivity index (χ1v) is 8.82. The van der Waals surface area contributed by atoms with Crippen LogP contribution >= 0.6 is 27.5 Å². The second kappa shape index (κ2) is 9.44. The molecule has 1 amide bonds. The molecule has 0 fully saturated rings. The van der Waals surface area contributed by atoms with Gasteiger partial charge in [0.05, 0.1) is 12.8 Å². The lowest BCUT2D eigenvalue weighted by Gasteiger charge is -2.08. The number of ether oxygens (including phenoxy) is 1. The van der Waals surface area contributed by atoms with E-state index in [1.54, 1.807) is 24.3 Å². The van der Waals surface area contributed by atoms with Crippen molar-refractivity contribution in [3.8, 4) is 11.5 Å². The number of aryl methyl sites for hydroxylation is 1. The van der Waals surface area contributed by atoms with Crippen LogP contribution in [0.4, 0.5) is 0 Å². The number of hydrazone groups is 1. The van der Waals surface area contributed by atoms with E-state index in [2.05, 4.69) is 26.5 Å². The molecule has 7 heteroatoms. The number of halogens is 2. The summed E-state index contributed by atoms with van der Waals surface area (Å²) in [5, 5.41) is 14.2. The SMILES string of the molecule is Cc1cc(Cl)ccc1OCCCC(=O)NN=Cc1cc(Br)ccc1O. The fraction of sp³-hybridized carbons (Fsp3) is 0.222. The van der Waals surface area contributed by atoms with E-state index >= 15 is 0 Å². The molecule has 5 nitrogen and oxygen atoms in total. The van der Waals surface area contributed by atoms with E-state index in [4.69, 9.17) is 16.3 Å². The molecule has 2 N–H and O–H groups in total. The van der Waals surface area contributed by atoms with Crippen LogP contribution in [0, 0.1) is 6.92 Å². The summed E-state index contributed by atoms with van der Waals surface area (Å²) in [5.74, 6) is 0.628. The van der Waals surface area contributed by atoms with Gasteiger partial charge in [0.1, 0.15) is 11.5 Å². The van der Waals surface area contributed by atoms with E-state index in [0.29, 0.717) is 23.6 Å². The van der Waals surface area contributed by atoms with E-state index in [1.807, 2.05) is 19.1 Å². The van der Waals surface area contributed by atoms with E-state index < -0.39 is 0 Å². The number of carbonyl (C=O) groups is 1. The number of phenolic OH excluding ortho intramolecular Hbond substituents is 1. The Balaban J connectivity index is 1.72. The van der Waals surface area contributed by atoms with Crippen molar-refractivity contribution in [1.29, 1.82) is 0 Å². The third kappa shape index (κ3) is 6.40. The molecule has 2 aromatic carbocycles. The third-order valence-corrected chi connectivity index (χ3v) is 4.05. The van der Waals surface area contributed by atoms with E-state index in [-0.39, 0.29) is 18.1 Å². The molecule has 0 unspecified atom stereocenters. The predicted molar refractivity (Wildman–Crippen MR) is 102 cm³/mol. The summed E-state index contributed by atoms with van der Waals surface area (Å²) in [6.07, 6.45) is 2.24. The molecular weight excluding hydrogens is 408 g/mol. The van der Waals surface area contributed by atoms with Crippen molar-refractivity contribution in [3.05, 3.63) is 57.0 Å². The maximum atomic E-state index is 11.7. The first-order valence-electron chi connectivity index (χ1n) is 7.65. The standard InChI is InChI=1S/C18H18BrClN2O3/c1-12-9-15(20)5-7-17(12)25-8-2-3-18(24)22-21-11-13-10-14(19)4-6-16(13)23/h4-7,9-11,23H,2-3,8H2,1H3,(H,22,24). The monoisotopic (exact) mass is 424 g/mol. The zero-order valence-corrected chi connectivity index (χ0v) is 16.0. The lowest BCUT2D eigenvalue weighted by Crippen LogP contribution is -2.18. The van der Waals surface area contributed by atoms with Crippen LogP contribution in [0.2, 0.25) is 5.02 Å². The van der Waals surface area contributed by atoms with Crippen LogP contribution in [-0.4, -0.2) is 23.8 Å². The third-order valence-electron chi connectivity index (χ3n) is 3.33. The highest BCUT2D eigenvalue weighted by Gasteiger charge is 2.03. The molecule has 0 aliphatic heterocycles. The van der Waals surface area contributed by atoms with Crippen molar-refractivity contribution in [3.63, 3.8) is 0 Å². The van der Waals surface area contributed by atoms with Gasteiger partial charge in [0.15, 0.2) is 0 Å². The van der Waals surface area contributed by atoms with Crippen LogP contribution < -0.4 is 10.2 Å². The van der Waals surface area contributed by atoms with Crippen molar-refractivity contribution in [1.82, 2.24) is 5.43 Å². The van der Waals surface area contributed by atoms with Crippen molar-refractivity contribution in [2.45, 2.75) is 19.8 Å². The van der Waals surface area contributed by atoms with Crippen LogP contribution in [0.5, 0.6) is 11.5 Å². The van der Waals surface area contributed by atoms with Gasteiger partial charge in [-0.15, -0.1) is 0 Å². The zero-order chi connectivity index (χ0) is 18.2. The highest BCUT2D eigenvalue weighted by molar-refractivity contribution is 9.10. The number of benzene rings is 2. The van der Waals surface area contributed by atoms with Gasteiger partial charge in [0, 0.05) is 21.5 Å². The summed E-state index contributed by atoms with van der Waals surface area (Å²) in [5.41, 5.74) is 3.89. The number of hydrogen-bond donors (Lipinski definition) is 2. The normalized spacial score (nSPS) is 10.8. The molecular formula is C18H18BrClN2O3. The highest BCUT2D eigenvalue weighted by atomic mass is 79.9. The molecule has 0 spiro atoms. The fourth-order valence-electron chi connectivity index (χ4n) is 2.05. The van der Waals surface area contributed by atoms with Gasteiger partial charge >= 0.3 is 0 Å². The van der Waals surface area contributed by atoms with Crippen LogP contribution in [-0.2, 0) is 4.79 Å². The van der Waals surface area contributed by atoms with E-state index in [9.17, 15) is 9.90 Å². The molecule has 0 heterocycles. The van der Waals surface area contributed by atoms with Gasteiger partial charge in [-0.2, -0.15) is 5.10 Å². The average molecular weight is 426 g/mol. The average Bonchev–Trinajstić information content (AvgIpc) is 2.56. The van der Waals surface area contributed by atoms with Gasteiger partial charge in [-0.3, -0.25) is 4.79 Å². The summed E-state index contributed by atoms with van der Waals surface area (Å²) in [7, 11) is 0. The second-order valence-electron chi connectivity index (χ2n) is 5.36. The first kappa shape index (κ1) is 19.3. The van der Waals surface area contributed by atoms with Gasteiger partial charge < -0.3 is 9.84 Å². The number of aromatic hydroxyl groups is 1. The van der Waals surface area contributed by atoms with Crippen LogP contribution in [0.25, 0.3) is 0 Å². The van der Waals surface area contributed by atoms with Gasteiger partial charge in [-0.25, -0.2) is 5.43 Å². The Kier molecular flexibility index (Phi) is 7.28. The lowest BCUT2D eigenvalue weighted by atomic mass is 10.2. The Bertz CT molecular complexity index is 781. The Labute approximate surface area is 159 Å². The topological polar surface area (TPSA) is 70.9 Å². The summed E-state index contributed by atoms with van der Waals surface area (Å²) in [6.45, 7) is 2.34. The van der Waals surface area contributed by atoms with Gasteiger partial charge in [0.25, 0.3) is 0 Å². The number of nitrogens with one attached hydrogen (secondary N) is 1. The molecule has 0 atom stereocenters. The first-order chi connectivity index (χ1) is 12.0. The summed E-state index contributed by atoms with van der Waals surface area (Å²) in [6, 6.07) is 10.4. The largest absolute Gasteiger partial charge is 0.507 e. The molecule has 0 bridgehead atoms. The minimum atomic E-state index is -0.220. The molecule has 2 rings (SSSR count).